The van der Waals surface area contributed by atoms with Crippen LogP contribution in [0.15, 0.2) is 40.9 Å². The lowest BCUT2D eigenvalue weighted by molar-refractivity contribution is -0.217. The second-order valence-electron chi connectivity index (χ2n) is 8.11. The molecule has 0 spiro atoms. The van der Waals surface area contributed by atoms with E-state index in [1.807, 2.05) is 30.3 Å². The van der Waals surface area contributed by atoms with Crippen molar-refractivity contribution in [3.63, 3.8) is 0 Å². The molecule has 2 N–H and O–H groups in total. The first-order valence-corrected chi connectivity index (χ1v) is 11.6. The number of ether oxygens (including phenoxy) is 3. The number of imide groups is 1. The molecule has 3 rings (SSSR count). The Hall–Kier alpha value is -2.11. The molecule has 0 bridgehead atoms. The lowest BCUT2D eigenvalue weighted by Gasteiger charge is -2.37. The first-order valence-electron chi connectivity index (χ1n) is 10.8. The number of hydrogen-bond donors (Lipinski definition) is 2. The van der Waals surface area contributed by atoms with Crippen LogP contribution in [0.3, 0.4) is 0 Å². The van der Waals surface area contributed by atoms with Crippen molar-refractivity contribution in [2.75, 3.05) is 19.8 Å². The number of cyclic esters (lactones) is 1. The number of carbonyl (C=O) groups excluding carboxylic acids is 3. The number of amides is 2. The van der Waals surface area contributed by atoms with Crippen LogP contribution >= 0.6 is 15.9 Å². The molecule has 0 aliphatic carbocycles. The first-order chi connectivity index (χ1) is 15.7. The number of hydrogen-bond acceptors (Lipinski definition) is 8. The molecule has 5 atom stereocenters. The predicted octanol–water partition coefficient (Wildman–Crippen LogP) is 2.46. The van der Waals surface area contributed by atoms with Crippen molar-refractivity contribution >= 4 is 33.7 Å². The van der Waals surface area contributed by atoms with E-state index in [4.69, 9.17) is 19.3 Å². The van der Waals surface area contributed by atoms with E-state index in [0.29, 0.717) is 6.42 Å². The zero-order valence-corrected chi connectivity index (χ0v) is 20.1. The van der Waals surface area contributed by atoms with Crippen molar-refractivity contribution in [1.82, 2.24) is 4.90 Å². The van der Waals surface area contributed by atoms with E-state index < -0.39 is 47.7 Å². The highest BCUT2D eigenvalue weighted by molar-refractivity contribution is 9.11. The van der Waals surface area contributed by atoms with Crippen LogP contribution in [0.4, 0.5) is 4.79 Å². The summed E-state index contributed by atoms with van der Waals surface area (Å²) in [6, 6.07) is 8.51. The SMILES string of the molecule is C[C@H](C(=O)N1C(=O)O[C@H](c2ccccc2)[C@@H]1C)[C@@H]1O[C@](O)(CCCOCCO)C(Br)=CC1=O. The van der Waals surface area contributed by atoms with Crippen molar-refractivity contribution in [3.05, 3.63) is 46.5 Å². The van der Waals surface area contributed by atoms with E-state index in [1.54, 1.807) is 6.92 Å². The molecule has 9 nitrogen and oxygen atoms in total. The summed E-state index contributed by atoms with van der Waals surface area (Å²) >= 11 is 3.18. The molecule has 180 valence electrons. The highest BCUT2D eigenvalue weighted by Crippen LogP contribution is 2.38. The second-order valence-corrected chi connectivity index (χ2v) is 8.96. The highest BCUT2D eigenvalue weighted by Gasteiger charge is 2.49. The number of carbonyl (C=O) groups is 3. The first kappa shape index (κ1) is 25.5. The molecule has 1 aromatic rings. The maximum absolute atomic E-state index is 13.2. The predicted molar refractivity (Wildman–Crippen MR) is 120 cm³/mol. The van der Waals surface area contributed by atoms with Crippen LogP contribution in [0, 0.1) is 5.92 Å². The molecule has 2 aliphatic heterocycles. The maximum Gasteiger partial charge on any atom is 0.417 e. The van der Waals surface area contributed by atoms with Gasteiger partial charge in [0.2, 0.25) is 5.91 Å². The summed E-state index contributed by atoms with van der Waals surface area (Å²) in [5.41, 5.74) is 0.760. The number of aliphatic hydroxyl groups excluding tert-OH is 1. The smallest absolute Gasteiger partial charge is 0.417 e. The van der Waals surface area contributed by atoms with Crippen molar-refractivity contribution in [3.8, 4) is 0 Å². The van der Waals surface area contributed by atoms with Gasteiger partial charge in [0, 0.05) is 13.0 Å². The van der Waals surface area contributed by atoms with Crippen LogP contribution in [0.25, 0.3) is 0 Å². The van der Waals surface area contributed by atoms with Gasteiger partial charge in [0.05, 0.1) is 29.7 Å². The molecule has 0 radical (unpaired) electrons. The molecule has 1 saturated heterocycles. The largest absolute Gasteiger partial charge is 0.439 e. The van der Waals surface area contributed by atoms with Crippen LogP contribution in [-0.4, -0.2) is 70.7 Å². The Morgan fingerprint density at radius 3 is 2.64 bits per heavy atom. The monoisotopic (exact) mass is 525 g/mol. The van der Waals surface area contributed by atoms with Gasteiger partial charge in [-0.05, 0) is 40.9 Å². The summed E-state index contributed by atoms with van der Waals surface area (Å²) in [7, 11) is 0. The van der Waals surface area contributed by atoms with E-state index in [1.165, 1.54) is 13.0 Å². The van der Waals surface area contributed by atoms with Gasteiger partial charge in [-0.2, -0.15) is 0 Å². The maximum atomic E-state index is 13.2. The standard InChI is InChI=1S/C23H28BrNO8/c1-14(19-17(27)13-18(24)23(30,33-19)9-6-11-31-12-10-26)21(28)25-15(2)20(32-22(25)29)16-7-4-3-5-8-16/h3-5,7-8,13-15,19-20,26,30H,6,9-12H2,1-2H3/t14-,15-,19-,20-,23+/m0/s1. The number of ketones is 1. The van der Waals surface area contributed by atoms with E-state index >= 15 is 0 Å². The summed E-state index contributed by atoms with van der Waals surface area (Å²) in [4.78, 5) is 39.4. The van der Waals surface area contributed by atoms with Gasteiger partial charge in [-0.1, -0.05) is 37.3 Å². The Balaban J connectivity index is 1.71. The molecule has 10 heteroatoms. The quantitative estimate of drug-likeness (QED) is 0.471. The van der Waals surface area contributed by atoms with Crippen molar-refractivity contribution in [2.45, 2.75) is 50.7 Å². The average molecular weight is 526 g/mol. The van der Waals surface area contributed by atoms with Crippen LogP contribution in [0.1, 0.15) is 38.4 Å². The third kappa shape index (κ3) is 5.52. The fourth-order valence-corrected chi connectivity index (χ4v) is 4.46. The molecular weight excluding hydrogens is 498 g/mol. The molecular formula is C23H28BrNO8. The highest BCUT2D eigenvalue weighted by atomic mass is 79.9. The minimum atomic E-state index is -1.82. The van der Waals surface area contributed by atoms with E-state index in [-0.39, 0.29) is 30.7 Å². The number of halogens is 1. The van der Waals surface area contributed by atoms with Crippen LogP contribution in [0.5, 0.6) is 0 Å². The number of rotatable bonds is 9. The van der Waals surface area contributed by atoms with Crippen molar-refractivity contribution < 1.29 is 38.8 Å². The van der Waals surface area contributed by atoms with Gasteiger partial charge in [0.15, 0.2) is 11.6 Å². The summed E-state index contributed by atoms with van der Waals surface area (Å²) in [6.07, 6.45) is -1.01. The van der Waals surface area contributed by atoms with Gasteiger partial charge in [0.1, 0.15) is 12.2 Å². The Morgan fingerprint density at radius 1 is 1.27 bits per heavy atom. The Morgan fingerprint density at radius 2 is 1.97 bits per heavy atom. The van der Waals surface area contributed by atoms with Gasteiger partial charge in [-0.25, -0.2) is 9.69 Å². The minimum Gasteiger partial charge on any atom is -0.439 e. The molecule has 2 amide bonds. The minimum absolute atomic E-state index is 0.0957. The lowest BCUT2D eigenvalue weighted by Crippen LogP contribution is -2.52. The van der Waals surface area contributed by atoms with Gasteiger partial charge >= 0.3 is 6.09 Å². The Bertz CT molecular complexity index is 907. The van der Waals surface area contributed by atoms with Gasteiger partial charge < -0.3 is 24.4 Å². The third-order valence-corrected chi connectivity index (χ3v) is 6.61. The number of aliphatic hydroxyl groups is 2. The summed E-state index contributed by atoms with van der Waals surface area (Å²) in [5, 5.41) is 19.7. The van der Waals surface area contributed by atoms with Gasteiger partial charge in [0.25, 0.3) is 0 Å². The molecule has 0 saturated carbocycles. The third-order valence-electron chi connectivity index (χ3n) is 5.76. The van der Waals surface area contributed by atoms with Gasteiger partial charge in [-0.3, -0.25) is 9.59 Å². The molecule has 0 aromatic heterocycles. The fraction of sp³-hybridized carbons (Fsp3) is 0.522. The van der Waals surface area contributed by atoms with Crippen molar-refractivity contribution in [1.29, 1.82) is 0 Å². The van der Waals surface area contributed by atoms with Crippen molar-refractivity contribution in [2.24, 2.45) is 5.92 Å². The van der Waals surface area contributed by atoms with Crippen LogP contribution in [-0.2, 0) is 23.8 Å². The van der Waals surface area contributed by atoms with E-state index in [9.17, 15) is 19.5 Å². The molecule has 1 aromatic carbocycles. The Labute approximate surface area is 200 Å². The van der Waals surface area contributed by atoms with Crippen LogP contribution in [0.2, 0.25) is 0 Å². The number of benzene rings is 1. The molecule has 33 heavy (non-hydrogen) atoms. The normalized spacial score (nSPS) is 28.5. The molecule has 0 unspecified atom stereocenters. The topological polar surface area (TPSA) is 123 Å². The summed E-state index contributed by atoms with van der Waals surface area (Å²) < 4.78 is 16.5. The molecule has 1 fully saturated rings. The second kappa shape index (κ2) is 10.9. The fourth-order valence-electron chi connectivity index (χ4n) is 3.95. The van der Waals surface area contributed by atoms with Crippen LogP contribution < -0.4 is 0 Å². The zero-order chi connectivity index (χ0) is 24.2. The van der Waals surface area contributed by atoms with E-state index in [2.05, 4.69) is 15.9 Å². The zero-order valence-electron chi connectivity index (χ0n) is 18.5. The molecule has 2 aliphatic rings. The molecule has 2 heterocycles. The number of nitrogens with zero attached hydrogens (tertiary/aromatic N) is 1. The average Bonchev–Trinajstić information content (AvgIpc) is 3.10. The Kier molecular flexibility index (Phi) is 8.41. The van der Waals surface area contributed by atoms with E-state index in [0.717, 1.165) is 10.5 Å². The lowest BCUT2D eigenvalue weighted by atomic mass is 9.93. The summed E-state index contributed by atoms with van der Waals surface area (Å²) in [5.74, 6) is -3.98. The van der Waals surface area contributed by atoms with Gasteiger partial charge in [-0.15, -0.1) is 0 Å². The summed E-state index contributed by atoms with van der Waals surface area (Å²) in [6.45, 7) is 3.53.